The quantitative estimate of drug-likeness (QED) is 0.849. The van der Waals surface area contributed by atoms with Crippen LogP contribution in [0.15, 0.2) is 23.1 Å². The van der Waals surface area contributed by atoms with Crippen LogP contribution in [0.2, 0.25) is 0 Å². The average Bonchev–Trinajstić information content (AvgIpc) is 2.79. The Labute approximate surface area is 144 Å². The minimum Gasteiger partial charge on any atom is -0.312 e. The summed E-state index contributed by atoms with van der Waals surface area (Å²) in [6, 6.07) is 5.23. The lowest BCUT2D eigenvalue weighted by Crippen LogP contribution is -2.34. The second kappa shape index (κ2) is 7.23. The molecule has 0 atom stereocenters. The van der Waals surface area contributed by atoms with Gasteiger partial charge in [-0.2, -0.15) is 0 Å². The lowest BCUT2D eigenvalue weighted by Gasteiger charge is -2.20. The molecule has 24 heavy (non-hydrogen) atoms. The topological polar surface area (TPSA) is 66.5 Å². The van der Waals surface area contributed by atoms with Crippen molar-refractivity contribution in [3.63, 3.8) is 0 Å². The summed E-state index contributed by atoms with van der Waals surface area (Å²) in [5, 5.41) is 0. The van der Waals surface area contributed by atoms with Gasteiger partial charge in [0.2, 0.25) is 15.9 Å². The fourth-order valence-electron chi connectivity index (χ4n) is 3.70. The van der Waals surface area contributed by atoms with Gasteiger partial charge < -0.3 is 4.90 Å². The van der Waals surface area contributed by atoms with Crippen LogP contribution in [0.3, 0.4) is 0 Å². The summed E-state index contributed by atoms with van der Waals surface area (Å²) in [5.41, 5.74) is 1.48. The van der Waals surface area contributed by atoms with E-state index in [2.05, 4.69) is 4.72 Å². The van der Waals surface area contributed by atoms with Gasteiger partial charge in [0, 0.05) is 24.7 Å². The monoisotopic (exact) mass is 350 g/mol. The number of nitrogens with zero attached hydrogens (tertiary/aromatic N) is 1. The SMILES string of the molecule is Cc1cc(N2CCCC2=O)ccc1S(=O)(=O)NC1CCCCCC1. The number of nitrogens with one attached hydrogen (secondary N) is 1. The molecule has 0 bridgehead atoms. The van der Waals surface area contributed by atoms with E-state index >= 15 is 0 Å². The van der Waals surface area contributed by atoms with Crippen molar-refractivity contribution in [2.24, 2.45) is 0 Å². The van der Waals surface area contributed by atoms with Crippen LogP contribution >= 0.6 is 0 Å². The molecule has 1 saturated heterocycles. The standard InChI is InChI=1S/C18H26N2O3S/c1-14-13-16(20-12-6-9-18(20)21)10-11-17(14)24(22,23)19-15-7-4-2-3-5-8-15/h10-11,13,15,19H,2-9,12H2,1H3. The van der Waals surface area contributed by atoms with Gasteiger partial charge in [-0.25, -0.2) is 13.1 Å². The fraction of sp³-hybridized carbons (Fsp3) is 0.611. The van der Waals surface area contributed by atoms with Gasteiger partial charge in [-0.15, -0.1) is 0 Å². The third kappa shape index (κ3) is 3.81. The summed E-state index contributed by atoms with van der Waals surface area (Å²) < 4.78 is 28.4. The maximum Gasteiger partial charge on any atom is 0.241 e. The van der Waals surface area contributed by atoms with E-state index in [1.54, 1.807) is 24.0 Å². The van der Waals surface area contributed by atoms with Crippen LogP contribution in [0.1, 0.15) is 56.9 Å². The minimum absolute atomic E-state index is 0.0386. The van der Waals surface area contributed by atoms with Crippen LogP contribution in [0.4, 0.5) is 5.69 Å². The lowest BCUT2D eigenvalue weighted by molar-refractivity contribution is -0.117. The Morgan fingerprint density at radius 3 is 2.38 bits per heavy atom. The second-order valence-electron chi connectivity index (χ2n) is 6.91. The van der Waals surface area contributed by atoms with Crippen LogP contribution < -0.4 is 9.62 Å². The molecule has 0 spiro atoms. The lowest BCUT2D eigenvalue weighted by atomic mass is 10.1. The summed E-state index contributed by atoms with van der Waals surface area (Å²) in [5.74, 6) is 0.113. The molecule has 1 aliphatic heterocycles. The molecular formula is C18H26N2O3S. The van der Waals surface area contributed by atoms with E-state index in [1.807, 2.05) is 6.07 Å². The number of hydrogen-bond donors (Lipinski definition) is 1. The van der Waals surface area contributed by atoms with Gasteiger partial charge in [-0.05, 0) is 49.9 Å². The number of carbonyl (C=O) groups excluding carboxylic acids is 1. The molecule has 1 aliphatic carbocycles. The molecule has 0 unspecified atom stereocenters. The molecule has 1 saturated carbocycles. The van der Waals surface area contributed by atoms with Crippen molar-refractivity contribution in [2.45, 2.75) is 69.2 Å². The molecule has 5 nitrogen and oxygen atoms in total. The van der Waals surface area contributed by atoms with E-state index < -0.39 is 10.0 Å². The van der Waals surface area contributed by atoms with E-state index in [-0.39, 0.29) is 11.9 Å². The molecule has 6 heteroatoms. The zero-order valence-corrected chi connectivity index (χ0v) is 15.1. The molecule has 0 aromatic heterocycles. The number of aryl methyl sites for hydroxylation is 1. The largest absolute Gasteiger partial charge is 0.312 e. The van der Waals surface area contributed by atoms with Crippen LogP contribution in [-0.4, -0.2) is 26.9 Å². The first kappa shape index (κ1) is 17.4. The minimum atomic E-state index is -3.51. The zero-order chi connectivity index (χ0) is 17.2. The van der Waals surface area contributed by atoms with E-state index in [4.69, 9.17) is 0 Å². The first-order valence-electron chi connectivity index (χ1n) is 8.91. The van der Waals surface area contributed by atoms with E-state index in [0.717, 1.165) is 37.8 Å². The zero-order valence-electron chi connectivity index (χ0n) is 14.3. The summed E-state index contributed by atoms with van der Waals surface area (Å²) in [6.07, 6.45) is 7.82. The van der Waals surface area contributed by atoms with Gasteiger partial charge in [-0.1, -0.05) is 25.7 Å². The second-order valence-corrected chi connectivity index (χ2v) is 8.59. The predicted molar refractivity (Wildman–Crippen MR) is 94.6 cm³/mol. The molecule has 3 rings (SSSR count). The Bertz CT molecular complexity index is 707. The highest BCUT2D eigenvalue weighted by Crippen LogP contribution is 2.27. The van der Waals surface area contributed by atoms with E-state index in [1.165, 1.54) is 12.8 Å². The number of benzene rings is 1. The molecule has 132 valence electrons. The van der Waals surface area contributed by atoms with Crippen LogP contribution in [0.5, 0.6) is 0 Å². The normalized spacial score (nSPS) is 20.4. The predicted octanol–water partition coefficient (Wildman–Crippen LogP) is 3.12. The van der Waals surface area contributed by atoms with Crippen molar-refractivity contribution in [1.29, 1.82) is 0 Å². The number of carbonyl (C=O) groups is 1. The molecule has 1 N–H and O–H groups in total. The fourth-order valence-corrected chi connectivity index (χ4v) is 5.24. The molecule has 2 aliphatic rings. The van der Waals surface area contributed by atoms with Crippen molar-refractivity contribution >= 4 is 21.6 Å². The number of amides is 1. The van der Waals surface area contributed by atoms with Gasteiger partial charge in [0.15, 0.2) is 0 Å². The van der Waals surface area contributed by atoms with Crippen molar-refractivity contribution in [3.05, 3.63) is 23.8 Å². The Hall–Kier alpha value is -1.40. The van der Waals surface area contributed by atoms with Gasteiger partial charge in [0.1, 0.15) is 0 Å². The van der Waals surface area contributed by atoms with E-state index in [9.17, 15) is 13.2 Å². The number of hydrogen-bond acceptors (Lipinski definition) is 3. The smallest absolute Gasteiger partial charge is 0.241 e. The van der Waals surface area contributed by atoms with Crippen molar-refractivity contribution < 1.29 is 13.2 Å². The third-order valence-electron chi connectivity index (χ3n) is 5.01. The van der Waals surface area contributed by atoms with Gasteiger partial charge in [0.25, 0.3) is 0 Å². The van der Waals surface area contributed by atoms with Gasteiger partial charge in [-0.3, -0.25) is 4.79 Å². The molecule has 1 heterocycles. The molecule has 1 amide bonds. The van der Waals surface area contributed by atoms with Crippen molar-refractivity contribution in [2.75, 3.05) is 11.4 Å². The highest BCUT2D eigenvalue weighted by molar-refractivity contribution is 7.89. The summed E-state index contributed by atoms with van der Waals surface area (Å²) in [7, 11) is -3.51. The molecule has 1 aromatic carbocycles. The Morgan fingerprint density at radius 2 is 1.79 bits per heavy atom. The van der Waals surface area contributed by atoms with Gasteiger partial charge in [0.05, 0.1) is 4.90 Å². The molecule has 2 fully saturated rings. The van der Waals surface area contributed by atoms with Crippen LogP contribution in [0, 0.1) is 6.92 Å². The first-order valence-corrected chi connectivity index (χ1v) is 10.4. The molecular weight excluding hydrogens is 324 g/mol. The molecule has 0 radical (unpaired) electrons. The number of sulfonamides is 1. The molecule has 1 aromatic rings. The first-order chi connectivity index (χ1) is 11.5. The summed E-state index contributed by atoms with van der Waals surface area (Å²) in [4.78, 5) is 13.9. The Kier molecular flexibility index (Phi) is 5.25. The summed E-state index contributed by atoms with van der Waals surface area (Å²) >= 11 is 0. The third-order valence-corrected chi connectivity index (χ3v) is 6.69. The van der Waals surface area contributed by atoms with Crippen molar-refractivity contribution in [3.8, 4) is 0 Å². The van der Waals surface area contributed by atoms with Crippen LogP contribution in [-0.2, 0) is 14.8 Å². The maximum absolute atomic E-state index is 12.7. The Balaban J connectivity index is 1.78. The average molecular weight is 350 g/mol. The summed E-state index contributed by atoms with van der Waals surface area (Å²) in [6.45, 7) is 2.51. The van der Waals surface area contributed by atoms with Crippen LogP contribution in [0.25, 0.3) is 0 Å². The maximum atomic E-state index is 12.7. The number of anilines is 1. The highest BCUT2D eigenvalue weighted by atomic mass is 32.2. The Morgan fingerprint density at radius 1 is 1.08 bits per heavy atom. The number of rotatable bonds is 4. The van der Waals surface area contributed by atoms with E-state index in [0.29, 0.717) is 23.4 Å². The van der Waals surface area contributed by atoms with Gasteiger partial charge >= 0.3 is 0 Å². The highest BCUT2D eigenvalue weighted by Gasteiger charge is 2.25. The van der Waals surface area contributed by atoms with Crippen molar-refractivity contribution in [1.82, 2.24) is 4.72 Å².